The Labute approximate surface area is 133 Å². The average molecular weight is 332 g/mol. The molecular weight excluding hydrogens is 310 g/mol. The summed E-state index contributed by atoms with van der Waals surface area (Å²) < 4.78 is 26.2. The Bertz CT molecular complexity index is 532. The van der Waals surface area contributed by atoms with Crippen molar-refractivity contribution in [2.75, 3.05) is 13.1 Å². The second-order valence-corrected chi connectivity index (χ2v) is 7.86. The van der Waals surface area contributed by atoms with Gasteiger partial charge in [0.1, 0.15) is 10.4 Å². The Kier molecular flexibility index (Phi) is 4.87. The number of piperidine rings is 1. The number of carboxylic acids is 1. The van der Waals surface area contributed by atoms with E-state index in [1.807, 2.05) is 10.3 Å². The van der Waals surface area contributed by atoms with Crippen LogP contribution in [0.1, 0.15) is 44.3 Å². The zero-order chi connectivity index (χ0) is 16.5. The molecular formula is C15H22F2N2O2S. The number of rotatable bonds is 4. The Morgan fingerprint density at radius 3 is 2.45 bits per heavy atom. The first kappa shape index (κ1) is 17.3. The predicted molar refractivity (Wildman–Crippen MR) is 81.4 cm³/mol. The molecule has 0 unspecified atom stereocenters. The van der Waals surface area contributed by atoms with E-state index < -0.39 is 17.8 Å². The minimum Gasteiger partial charge on any atom is -0.481 e. The predicted octanol–water partition coefficient (Wildman–Crippen LogP) is 3.37. The van der Waals surface area contributed by atoms with Crippen LogP contribution in [0.5, 0.6) is 0 Å². The summed E-state index contributed by atoms with van der Waals surface area (Å²) in [7, 11) is 0. The number of halogens is 2. The van der Waals surface area contributed by atoms with Crippen molar-refractivity contribution in [1.82, 2.24) is 9.88 Å². The topological polar surface area (TPSA) is 53.4 Å². The summed E-state index contributed by atoms with van der Waals surface area (Å²) in [4.78, 5) is 17.8. The van der Waals surface area contributed by atoms with Crippen molar-refractivity contribution in [3.05, 3.63) is 16.1 Å². The Balaban J connectivity index is 1.98. The van der Waals surface area contributed by atoms with Crippen molar-refractivity contribution in [1.29, 1.82) is 0 Å². The van der Waals surface area contributed by atoms with Gasteiger partial charge in [-0.05, 0) is 25.9 Å². The fourth-order valence-electron chi connectivity index (χ4n) is 2.55. The molecule has 1 aliphatic heterocycles. The normalized spacial score (nSPS) is 19.5. The van der Waals surface area contributed by atoms with Crippen molar-refractivity contribution < 1.29 is 18.7 Å². The maximum absolute atomic E-state index is 13.1. The minimum atomic E-state index is -2.82. The number of nitrogens with zero attached hydrogens (tertiary/aromatic N) is 2. The molecule has 0 radical (unpaired) electrons. The van der Waals surface area contributed by atoms with E-state index in [0.29, 0.717) is 19.6 Å². The molecule has 124 valence electrons. The smallest absolute Gasteiger partial charge is 0.315 e. The number of likely N-dealkylation sites (tertiary alicyclic amines) is 1. The highest BCUT2D eigenvalue weighted by Crippen LogP contribution is 2.38. The average Bonchev–Trinajstić information content (AvgIpc) is 2.87. The van der Waals surface area contributed by atoms with Crippen LogP contribution in [0.3, 0.4) is 0 Å². The van der Waals surface area contributed by atoms with Gasteiger partial charge < -0.3 is 5.11 Å². The van der Waals surface area contributed by atoms with Crippen molar-refractivity contribution in [3.63, 3.8) is 0 Å². The molecule has 22 heavy (non-hydrogen) atoms. The van der Waals surface area contributed by atoms with E-state index in [0.717, 1.165) is 10.7 Å². The molecule has 0 atom stereocenters. The van der Waals surface area contributed by atoms with Gasteiger partial charge in [-0.1, -0.05) is 20.8 Å². The molecule has 7 heteroatoms. The summed E-state index contributed by atoms with van der Waals surface area (Å²) in [5.41, 5.74) is -0.863. The first-order valence-electron chi connectivity index (χ1n) is 7.34. The molecule has 1 N–H and O–H groups in total. The van der Waals surface area contributed by atoms with Gasteiger partial charge in [0, 0.05) is 10.8 Å². The van der Waals surface area contributed by atoms with E-state index in [9.17, 15) is 13.6 Å². The second-order valence-electron chi connectivity index (χ2n) is 6.91. The van der Waals surface area contributed by atoms with Crippen molar-refractivity contribution in [2.45, 2.75) is 52.0 Å². The third kappa shape index (κ3) is 3.46. The van der Waals surface area contributed by atoms with E-state index >= 15 is 0 Å². The Hall–Kier alpha value is -1.08. The number of hydrogen-bond acceptors (Lipinski definition) is 4. The molecule has 0 bridgehead atoms. The van der Waals surface area contributed by atoms with Crippen LogP contribution in [-0.4, -0.2) is 40.5 Å². The van der Waals surface area contributed by atoms with Crippen LogP contribution < -0.4 is 0 Å². The molecule has 2 heterocycles. The molecule has 0 aromatic carbocycles. The van der Waals surface area contributed by atoms with Crippen molar-refractivity contribution in [3.8, 4) is 0 Å². The fraction of sp³-hybridized carbons (Fsp3) is 0.733. The molecule has 0 spiro atoms. The number of carboxylic acid groups (broad SMARTS) is 1. The number of aliphatic carboxylic acids is 1. The summed E-state index contributed by atoms with van der Waals surface area (Å²) in [6.45, 7) is 7.60. The van der Waals surface area contributed by atoms with Crippen LogP contribution in [0, 0.1) is 5.41 Å². The molecule has 1 saturated heterocycles. The van der Waals surface area contributed by atoms with Crippen LogP contribution in [0.4, 0.5) is 8.78 Å². The fourth-order valence-corrected chi connectivity index (χ4v) is 3.62. The molecule has 0 amide bonds. The van der Waals surface area contributed by atoms with E-state index in [-0.39, 0.29) is 18.3 Å². The molecule has 1 fully saturated rings. The second kappa shape index (κ2) is 6.20. The molecule has 1 aliphatic rings. The maximum Gasteiger partial charge on any atom is 0.315 e. The number of hydrogen-bond donors (Lipinski definition) is 1. The van der Waals surface area contributed by atoms with Gasteiger partial charge in [0.25, 0.3) is 6.43 Å². The van der Waals surface area contributed by atoms with Crippen LogP contribution in [-0.2, 0) is 16.8 Å². The monoisotopic (exact) mass is 332 g/mol. The zero-order valence-electron chi connectivity index (χ0n) is 13.1. The van der Waals surface area contributed by atoms with Gasteiger partial charge >= 0.3 is 5.97 Å². The largest absolute Gasteiger partial charge is 0.481 e. The van der Waals surface area contributed by atoms with E-state index in [4.69, 9.17) is 5.11 Å². The van der Waals surface area contributed by atoms with Gasteiger partial charge in [-0.2, -0.15) is 0 Å². The summed E-state index contributed by atoms with van der Waals surface area (Å²) in [5, 5.41) is 12.1. The van der Waals surface area contributed by atoms with Gasteiger partial charge in [-0.25, -0.2) is 13.8 Å². The molecule has 1 aromatic heterocycles. The van der Waals surface area contributed by atoms with Gasteiger partial charge in [-0.15, -0.1) is 11.3 Å². The first-order valence-corrected chi connectivity index (χ1v) is 8.22. The Morgan fingerprint density at radius 2 is 2.05 bits per heavy atom. The van der Waals surface area contributed by atoms with Crippen LogP contribution in [0.25, 0.3) is 0 Å². The van der Waals surface area contributed by atoms with Crippen molar-refractivity contribution in [2.24, 2.45) is 5.41 Å². The highest BCUT2D eigenvalue weighted by atomic mass is 32.1. The number of aromatic nitrogens is 1. The van der Waals surface area contributed by atoms with Gasteiger partial charge in [0.05, 0.1) is 12.2 Å². The number of alkyl halides is 2. The molecule has 0 aliphatic carbocycles. The summed E-state index contributed by atoms with van der Waals surface area (Å²) in [5.74, 6) is -1.38. The van der Waals surface area contributed by atoms with E-state index in [1.54, 1.807) is 11.3 Å². The summed E-state index contributed by atoms with van der Waals surface area (Å²) in [6.07, 6.45) is -2.85. The third-order valence-corrected chi connectivity index (χ3v) is 5.10. The third-order valence-electron chi connectivity index (χ3n) is 4.27. The number of carbonyl (C=O) groups is 1. The van der Waals surface area contributed by atoms with Gasteiger partial charge in [0.15, 0.2) is 0 Å². The Morgan fingerprint density at radius 1 is 1.45 bits per heavy atom. The number of thiazole rings is 1. The standard InChI is InChI=1S/C15H22F2N2O2S/c1-14(2,3)10-9-22-11(18-10)8-19-6-4-15(5-7-19,12(16)17)13(20)21/h9,12H,4-8H2,1-3H3,(H,20,21). The summed E-state index contributed by atoms with van der Waals surface area (Å²) in [6, 6.07) is 0. The summed E-state index contributed by atoms with van der Waals surface area (Å²) >= 11 is 1.57. The van der Waals surface area contributed by atoms with Crippen LogP contribution >= 0.6 is 11.3 Å². The highest BCUT2D eigenvalue weighted by molar-refractivity contribution is 7.09. The van der Waals surface area contributed by atoms with Gasteiger partial charge in [0.2, 0.25) is 0 Å². The lowest BCUT2D eigenvalue weighted by atomic mass is 9.79. The lowest BCUT2D eigenvalue weighted by molar-refractivity contribution is -0.165. The maximum atomic E-state index is 13.1. The molecule has 0 saturated carbocycles. The van der Waals surface area contributed by atoms with Crippen LogP contribution in [0.2, 0.25) is 0 Å². The lowest BCUT2D eigenvalue weighted by Gasteiger charge is -2.37. The zero-order valence-corrected chi connectivity index (χ0v) is 13.9. The van der Waals surface area contributed by atoms with E-state index in [1.165, 1.54) is 0 Å². The quantitative estimate of drug-likeness (QED) is 0.918. The minimum absolute atomic E-state index is 0.00914. The van der Waals surface area contributed by atoms with Gasteiger partial charge in [-0.3, -0.25) is 9.69 Å². The first-order chi connectivity index (χ1) is 10.1. The molecule has 1 aromatic rings. The lowest BCUT2D eigenvalue weighted by Crippen LogP contribution is -2.48. The van der Waals surface area contributed by atoms with Crippen LogP contribution in [0.15, 0.2) is 5.38 Å². The highest BCUT2D eigenvalue weighted by Gasteiger charge is 2.49. The molecule has 4 nitrogen and oxygen atoms in total. The van der Waals surface area contributed by atoms with E-state index in [2.05, 4.69) is 25.8 Å². The molecule has 2 rings (SSSR count). The SMILES string of the molecule is CC(C)(C)c1csc(CN2CCC(C(=O)O)(C(F)F)CC2)n1. The van der Waals surface area contributed by atoms with Crippen molar-refractivity contribution >= 4 is 17.3 Å².